The molecule has 0 radical (unpaired) electrons. The van der Waals surface area contributed by atoms with E-state index >= 15 is 0 Å². The third kappa shape index (κ3) is 4.96. The van der Waals surface area contributed by atoms with Gasteiger partial charge in [0.2, 0.25) is 16.0 Å². The average Bonchev–Trinajstić information content (AvgIpc) is 3.28. The number of rotatable bonds is 5. The number of pyridine rings is 1. The Bertz CT molecular complexity index is 1200. The van der Waals surface area contributed by atoms with Crippen molar-refractivity contribution < 1.29 is 26.0 Å². The van der Waals surface area contributed by atoms with Crippen LogP contribution in [0, 0.1) is 5.95 Å². The minimum atomic E-state index is -4.78. The Labute approximate surface area is 181 Å². The van der Waals surface area contributed by atoms with Gasteiger partial charge < -0.3 is 4.57 Å². The zero-order valence-corrected chi connectivity index (χ0v) is 17.4. The number of halogens is 4. The molecule has 1 aliphatic rings. The molecule has 0 bridgehead atoms. The molecular formula is C20H19F4N5O2S. The van der Waals surface area contributed by atoms with Crippen LogP contribution >= 0.6 is 0 Å². The maximum absolute atomic E-state index is 13.5. The molecule has 0 spiro atoms. The van der Waals surface area contributed by atoms with Gasteiger partial charge in [0.15, 0.2) is 0 Å². The predicted octanol–water partition coefficient (Wildman–Crippen LogP) is 3.96. The van der Waals surface area contributed by atoms with Crippen molar-refractivity contribution >= 4 is 10.0 Å². The van der Waals surface area contributed by atoms with Gasteiger partial charge in [-0.05, 0) is 61.1 Å². The number of nitrogens with one attached hydrogen (secondary N) is 1. The lowest BCUT2D eigenvalue weighted by atomic mass is 9.91. The molecule has 1 N–H and O–H groups in total. The summed E-state index contributed by atoms with van der Waals surface area (Å²) in [7, 11) is -4.28. The van der Waals surface area contributed by atoms with E-state index in [-0.39, 0.29) is 17.2 Å². The summed E-state index contributed by atoms with van der Waals surface area (Å²) in [6, 6.07) is 4.27. The number of sulfonamides is 1. The third-order valence-electron chi connectivity index (χ3n) is 5.43. The van der Waals surface area contributed by atoms with Crippen LogP contribution in [0.2, 0.25) is 0 Å². The Hall–Kier alpha value is -2.86. The minimum absolute atomic E-state index is 0.0108. The first-order valence-corrected chi connectivity index (χ1v) is 11.3. The molecule has 3 aromatic rings. The summed E-state index contributed by atoms with van der Waals surface area (Å²) in [6.45, 7) is 0. The SMILES string of the molecule is O=S(=O)(N[C@H]1CCC[C@@H](n2cnnc2)C1)c1cc(-c2ccnc(F)c2)cc(C(F)(F)F)c1. The Morgan fingerprint density at radius 3 is 2.47 bits per heavy atom. The van der Waals surface area contributed by atoms with Gasteiger partial charge in [0.1, 0.15) is 12.7 Å². The maximum atomic E-state index is 13.5. The summed E-state index contributed by atoms with van der Waals surface area (Å²) in [5.74, 6) is -0.885. The number of alkyl halides is 3. The molecule has 0 unspecified atom stereocenters. The van der Waals surface area contributed by atoms with Crippen molar-refractivity contribution in [3.05, 3.63) is 60.7 Å². The number of hydrogen-bond donors (Lipinski definition) is 1. The standard InChI is InChI=1S/C20H19F4N5O2S/c21-19-8-13(4-5-25-19)14-6-15(20(22,23)24)9-18(7-14)32(30,31)28-16-2-1-3-17(10-16)29-11-26-27-12-29/h4-9,11-12,16-17,28H,1-3,10H2/t16-,17+/m0/s1. The zero-order valence-electron chi connectivity index (χ0n) is 16.6. The molecule has 2 heterocycles. The van der Waals surface area contributed by atoms with Gasteiger partial charge in [0, 0.05) is 24.3 Å². The fraction of sp³-hybridized carbons (Fsp3) is 0.350. The lowest BCUT2D eigenvalue weighted by Crippen LogP contribution is -2.38. The number of hydrogen-bond acceptors (Lipinski definition) is 5. The van der Waals surface area contributed by atoms with Crippen molar-refractivity contribution in [2.24, 2.45) is 0 Å². The summed E-state index contributed by atoms with van der Waals surface area (Å²) < 4.78 is 84.3. The second kappa shape index (κ2) is 8.58. The first-order valence-electron chi connectivity index (χ1n) is 9.82. The minimum Gasteiger partial charge on any atom is -0.317 e. The molecule has 2 aromatic heterocycles. The molecule has 0 aliphatic heterocycles. The van der Waals surface area contributed by atoms with Crippen LogP contribution in [0.1, 0.15) is 37.3 Å². The van der Waals surface area contributed by atoms with Crippen molar-refractivity contribution in [3.63, 3.8) is 0 Å². The van der Waals surface area contributed by atoms with E-state index < -0.39 is 38.6 Å². The van der Waals surface area contributed by atoms with Gasteiger partial charge in [-0.2, -0.15) is 17.6 Å². The molecule has 170 valence electrons. The quantitative estimate of drug-likeness (QED) is 0.451. The third-order valence-corrected chi connectivity index (χ3v) is 6.93. The van der Waals surface area contributed by atoms with E-state index in [9.17, 15) is 26.0 Å². The Kier molecular flexibility index (Phi) is 5.99. The Balaban J connectivity index is 1.65. The molecule has 32 heavy (non-hydrogen) atoms. The molecule has 0 saturated heterocycles. The fourth-order valence-electron chi connectivity index (χ4n) is 3.89. The van der Waals surface area contributed by atoms with Crippen molar-refractivity contribution in [1.82, 2.24) is 24.5 Å². The molecule has 1 fully saturated rings. The van der Waals surface area contributed by atoms with Crippen LogP contribution in [0.3, 0.4) is 0 Å². The summed E-state index contributed by atoms with van der Waals surface area (Å²) >= 11 is 0. The van der Waals surface area contributed by atoms with Crippen molar-refractivity contribution in [3.8, 4) is 11.1 Å². The van der Waals surface area contributed by atoms with Crippen LogP contribution in [0.4, 0.5) is 17.6 Å². The van der Waals surface area contributed by atoms with E-state index in [1.165, 1.54) is 6.07 Å². The lowest BCUT2D eigenvalue weighted by molar-refractivity contribution is -0.137. The van der Waals surface area contributed by atoms with Gasteiger partial charge in [-0.15, -0.1) is 10.2 Å². The van der Waals surface area contributed by atoms with Crippen LogP contribution in [0.15, 0.2) is 54.1 Å². The summed E-state index contributed by atoms with van der Waals surface area (Å²) in [5, 5.41) is 7.52. The van der Waals surface area contributed by atoms with Crippen LogP contribution in [-0.4, -0.2) is 34.2 Å². The number of benzene rings is 1. The predicted molar refractivity (Wildman–Crippen MR) is 106 cm³/mol. The molecule has 1 saturated carbocycles. The van der Waals surface area contributed by atoms with Crippen LogP contribution in [-0.2, 0) is 16.2 Å². The molecule has 12 heteroatoms. The smallest absolute Gasteiger partial charge is 0.317 e. The Morgan fingerprint density at radius 2 is 1.78 bits per heavy atom. The molecule has 0 amide bonds. The van der Waals surface area contributed by atoms with Gasteiger partial charge in [0.05, 0.1) is 10.5 Å². The van der Waals surface area contributed by atoms with Crippen molar-refractivity contribution in [2.45, 2.75) is 48.8 Å². The second-order valence-corrected chi connectivity index (χ2v) is 9.37. The van der Waals surface area contributed by atoms with Crippen molar-refractivity contribution in [1.29, 1.82) is 0 Å². The maximum Gasteiger partial charge on any atom is 0.416 e. The van der Waals surface area contributed by atoms with Gasteiger partial charge in [-0.25, -0.2) is 18.1 Å². The number of nitrogens with zero attached hydrogens (tertiary/aromatic N) is 4. The summed E-state index contributed by atoms with van der Waals surface area (Å²) in [5.41, 5.74) is -1.13. The van der Waals surface area contributed by atoms with E-state index in [2.05, 4.69) is 19.9 Å². The van der Waals surface area contributed by atoms with Gasteiger partial charge >= 0.3 is 6.18 Å². The largest absolute Gasteiger partial charge is 0.416 e. The molecular weight excluding hydrogens is 450 g/mol. The molecule has 2 atom stereocenters. The highest BCUT2D eigenvalue weighted by atomic mass is 32.2. The summed E-state index contributed by atoms with van der Waals surface area (Å²) in [4.78, 5) is 2.85. The Morgan fingerprint density at radius 1 is 1.03 bits per heavy atom. The zero-order chi connectivity index (χ0) is 22.9. The fourth-order valence-corrected chi connectivity index (χ4v) is 5.25. The highest BCUT2D eigenvalue weighted by Crippen LogP contribution is 2.35. The van der Waals surface area contributed by atoms with E-state index in [4.69, 9.17) is 0 Å². The average molecular weight is 469 g/mol. The van der Waals surface area contributed by atoms with E-state index in [0.29, 0.717) is 18.9 Å². The molecule has 7 nitrogen and oxygen atoms in total. The lowest BCUT2D eigenvalue weighted by Gasteiger charge is -2.30. The van der Waals surface area contributed by atoms with Gasteiger partial charge in [-0.1, -0.05) is 0 Å². The first-order chi connectivity index (χ1) is 15.1. The van der Waals surface area contributed by atoms with E-state index in [1.54, 1.807) is 17.2 Å². The van der Waals surface area contributed by atoms with E-state index in [0.717, 1.165) is 37.2 Å². The normalized spacial score (nSPS) is 19.8. The van der Waals surface area contributed by atoms with E-state index in [1.807, 2.05) is 0 Å². The molecule has 1 aromatic carbocycles. The second-order valence-electron chi connectivity index (χ2n) is 7.66. The number of aromatic nitrogens is 4. The molecule has 4 rings (SSSR count). The van der Waals surface area contributed by atoms with Crippen LogP contribution in [0.5, 0.6) is 0 Å². The highest BCUT2D eigenvalue weighted by molar-refractivity contribution is 7.89. The first kappa shape index (κ1) is 22.3. The highest BCUT2D eigenvalue weighted by Gasteiger charge is 2.34. The van der Waals surface area contributed by atoms with Crippen LogP contribution in [0.25, 0.3) is 11.1 Å². The van der Waals surface area contributed by atoms with Gasteiger partial charge in [0.25, 0.3) is 0 Å². The molecule has 1 aliphatic carbocycles. The topological polar surface area (TPSA) is 89.8 Å². The van der Waals surface area contributed by atoms with Crippen molar-refractivity contribution in [2.75, 3.05) is 0 Å². The van der Waals surface area contributed by atoms with Crippen LogP contribution < -0.4 is 4.72 Å². The van der Waals surface area contributed by atoms with Gasteiger partial charge in [-0.3, -0.25) is 0 Å². The summed E-state index contributed by atoms with van der Waals surface area (Å²) in [6.07, 6.45) is 1.99. The monoisotopic (exact) mass is 469 g/mol.